The van der Waals surface area contributed by atoms with Crippen LogP contribution in [0.2, 0.25) is 0 Å². The zero-order chi connectivity index (χ0) is 16.0. The van der Waals surface area contributed by atoms with E-state index < -0.39 is 0 Å². The molecule has 3 unspecified atom stereocenters. The Balaban J connectivity index is 1.26. The summed E-state index contributed by atoms with van der Waals surface area (Å²) in [6.07, 6.45) is 6.12. The van der Waals surface area contributed by atoms with Gasteiger partial charge in [0.2, 0.25) is 0 Å². The first-order valence-electron chi connectivity index (χ1n) is 8.63. The molecule has 4 bridgehead atoms. The van der Waals surface area contributed by atoms with Crippen LogP contribution >= 0.6 is 23.5 Å². The lowest BCUT2D eigenvalue weighted by atomic mass is 9.99. The third-order valence-corrected chi connectivity index (χ3v) is 7.54. The average molecular weight is 351 g/mol. The quantitative estimate of drug-likeness (QED) is 0.430. The van der Waals surface area contributed by atoms with Crippen molar-refractivity contribution in [1.29, 1.82) is 0 Å². The van der Waals surface area contributed by atoms with Gasteiger partial charge in [0.25, 0.3) is 0 Å². The van der Waals surface area contributed by atoms with Crippen molar-refractivity contribution in [1.82, 2.24) is 9.97 Å². The van der Waals surface area contributed by atoms with E-state index in [9.17, 15) is 0 Å². The number of aromatic amines is 1. The maximum Gasteiger partial charge on any atom is 0.166 e. The zero-order valence-corrected chi connectivity index (χ0v) is 15.6. The topological polar surface area (TPSA) is 67.1 Å². The van der Waals surface area contributed by atoms with Crippen molar-refractivity contribution >= 4 is 29.4 Å². The summed E-state index contributed by atoms with van der Waals surface area (Å²) in [7, 11) is 0. The van der Waals surface area contributed by atoms with Gasteiger partial charge in [-0.3, -0.25) is 4.99 Å². The molecule has 23 heavy (non-hydrogen) atoms. The second-order valence-corrected chi connectivity index (χ2v) is 9.23. The zero-order valence-electron chi connectivity index (χ0n) is 13.9. The van der Waals surface area contributed by atoms with Crippen molar-refractivity contribution in [3.05, 3.63) is 11.4 Å². The lowest BCUT2D eigenvalue weighted by Crippen LogP contribution is -2.18. The van der Waals surface area contributed by atoms with Crippen LogP contribution in [0.25, 0.3) is 0 Å². The number of hydrogen-bond acceptors (Lipinski definition) is 4. The van der Waals surface area contributed by atoms with Crippen molar-refractivity contribution in [3.8, 4) is 0 Å². The van der Waals surface area contributed by atoms with E-state index in [1.165, 1.54) is 24.2 Å². The molecule has 4 nitrogen and oxygen atoms in total. The van der Waals surface area contributed by atoms with E-state index in [1.807, 2.05) is 11.8 Å². The molecule has 1 heterocycles. The number of aliphatic imine (C=N–C) groups is 1. The molecule has 0 aliphatic heterocycles. The second-order valence-electron chi connectivity index (χ2n) is 7.28. The molecule has 0 aromatic carbocycles. The van der Waals surface area contributed by atoms with Gasteiger partial charge in [0.1, 0.15) is 5.84 Å². The molecule has 126 valence electrons. The highest BCUT2D eigenvalue weighted by Gasteiger charge is 2.67. The van der Waals surface area contributed by atoms with Crippen LogP contribution in [-0.2, 0) is 6.42 Å². The summed E-state index contributed by atoms with van der Waals surface area (Å²) in [6.45, 7) is 3.06. The fraction of sp³-hybridized carbons (Fsp3) is 0.765. The number of nitrogens with two attached hydrogens (primary N) is 1. The van der Waals surface area contributed by atoms with Crippen molar-refractivity contribution in [3.63, 3.8) is 0 Å². The number of rotatable bonds is 8. The van der Waals surface area contributed by atoms with Crippen LogP contribution in [0.3, 0.4) is 0 Å². The number of H-pyrrole nitrogens is 1. The lowest BCUT2D eigenvalue weighted by molar-refractivity contribution is 0.424. The van der Waals surface area contributed by atoms with E-state index >= 15 is 0 Å². The molecule has 0 spiro atoms. The summed E-state index contributed by atoms with van der Waals surface area (Å²) < 4.78 is 0. The van der Waals surface area contributed by atoms with Gasteiger partial charge < -0.3 is 10.7 Å². The number of hydrogen-bond donors (Lipinski definition) is 2. The van der Waals surface area contributed by atoms with Crippen LogP contribution in [0, 0.1) is 36.5 Å². The highest BCUT2D eigenvalue weighted by atomic mass is 32.2. The first kappa shape index (κ1) is 15.9. The predicted octanol–water partition coefficient (Wildman–Crippen LogP) is 2.97. The molecule has 5 rings (SSSR count). The van der Waals surface area contributed by atoms with E-state index in [0.29, 0.717) is 0 Å². The molecule has 1 aromatic heterocycles. The van der Waals surface area contributed by atoms with E-state index in [0.717, 1.165) is 65.1 Å². The Kier molecular flexibility index (Phi) is 4.39. The van der Waals surface area contributed by atoms with E-state index in [1.54, 1.807) is 11.8 Å². The Hall–Kier alpha value is -0.620. The minimum Gasteiger partial charge on any atom is -0.387 e. The summed E-state index contributed by atoms with van der Waals surface area (Å²) in [6, 6.07) is 0. The van der Waals surface area contributed by atoms with Gasteiger partial charge in [0.05, 0.1) is 11.4 Å². The van der Waals surface area contributed by atoms with E-state index in [2.05, 4.69) is 28.1 Å². The smallest absolute Gasteiger partial charge is 0.166 e. The summed E-state index contributed by atoms with van der Waals surface area (Å²) in [5.74, 6) is 7.59. The monoisotopic (exact) mass is 350 g/mol. The number of nitrogens with one attached hydrogen (secondary N) is 1. The largest absolute Gasteiger partial charge is 0.387 e. The molecule has 0 saturated heterocycles. The molecule has 4 fully saturated rings. The van der Waals surface area contributed by atoms with Crippen molar-refractivity contribution in [2.75, 3.05) is 24.3 Å². The van der Waals surface area contributed by atoms with Crippen LogP contribution in [0.15, 0.2) is 10.1 Å². The van der Waals surface area contributed by atoms with E-state index in [4.69, 9.17) is 5.73 Å². The van der Waals surface area contributed by atoms with Crippen LogP contribution in [0.1, 0.15) is 24.2 Å². The maximum absolute atomic E-state index is 6.13. The SMILES string of the molecule is CSCCc1nc(SCC(N)=NCC2C3CC4C(C3)C24)[nH]c1C. The molecule has 3 atom stereocenters. The molecule has 4 aliphatic carbocycles. The normalized spacial score (nSPS) is 34.3. The number of aryl methyl sites for hydroxylation is 2. The standard InChI is InChI=1S/C17H26N4S2/c1-9-14(3-4-22-2)21-17(20-9)23-8-15(18)19-7-13-10-5-11-12(6-10)16(11)13/h10-13,16H,3-8H2,1-2H3,(H2,18,19)(H,20,21). The first-order chi connectivity index (χ1) is 11.2. The Morgan fingerprint density at radius 3 is 2.83 bits per heavy atom. The fourth-order valence-corrected chi connectivity index (χ4v) is 6.06. The molecule has 4 saturated carbocycles. The highest BCUT2D eigenvalue weighted by Crippen LogP contribution is 2.73. The van der Waals surface area contributed by atoms with Crippen molar-refractivity contribution < 1.29 is 0 Å². The molecular formula is C17H26N4S2. The van der Waals surface area contributed by atoms with Crippen molar-refractivity contribution in [2.24, 2.45) is 40.3 Å². The fourth-order valence-electron chi connectivity index (χ4n) is 4.89. The summed E-state index contributed by atoms with van der Waals surface area (Å²) in [5.41, 5.74) is 8.49. The molecule has 4 aliphatic rings. The molecule has 0 radical (unpaired) electrons. The van der Waals surface area contributed by atoms with Gasteiger partial charge in [0, 0.05) is 18.7 Å². The summed E-state index contributed by atoms with van der Waals surface area (Å²) >= 11 is 3.53. The molecule has 1 aromatic rings. The third kappa shape index (κ3) is 3.04. The van der Waals surface area contributed by atoms with Gasteiger partial charge in [-0.05, 0) is 61.4 Å². The number of amidine groups is 1. The average Bonchev–Trinajstić information content (AvgIpc) is 3.00. The Morgan fingerprint density at radius 2 is 2.17 bits per heavy atom. The minimum absolute atomic E-state index is 0.740. The Bertz CT molecular complexity index is 598. The van der Waals surface area contributed by atoms with Gasteiger partial charge in [-0.15, -0.1) is 0 Å². The number of nitrogens with zero attached hydrogens (tertiary/aromatic N) is 2. The number of thioether (sulfide) groups is 2. The maximum atomic E-state index is 6.13. The minimum atomic E-state index is 0.740. The van der Waals surface area contributed by atoms with Gasteiger partial charge >= 0.3 is 0 Å². The number of imidazole rings is 1. The van der Waals surface area contributed by atoms with Gasteiger partial charge in [-0.1, -0.05) is 11.8 Å². The van der Waals surface area contributed by atoms with Gasteiger partial charge in [0.15, 0.2) is 5.16 Å². The molecule has 0 amide bonds. The predicted molar refractivity (Wildman–Crippen MR) is 99.3 cm³/mol. The van der Waals surface area contributed by atoms with Crippen LogP contribution in [0.4, 0.5) is 0 Å². The Labute approximate surface area is 146 Å². The number of aromatic nitrogens is 2. The van der Waals surface area contributed by atoms with Crippen LogP contribution in [0.5, 0.6) is 0 Å². The summed E-state index contributed by atoms with van der Waals surface area (Å²) in [4.78, 5) is 12.7. The highest BCUT2D eigenvalue weighted by molar-refractivity contribution is 7.99. The molecular weight excluding hydrogens is 324 g/mol. The summed E-state index contributed by atoms with van der Waals surface area (Å²) in [5, 5.41) is 0.974. The van der Waals surface area contributed by atoms with Crippen LogP contribution < -0.4 is 5.73 Å². The van der Waals surface area contributed by atoms with Crippen molar-refractivity contribution in [2.45, 2.75) is 31.3 Å². The first-order valence-corrected chi connectivity index (χ1v) is 11.0. The molecule has 6 heteroatoms. The van der Waals surface area contributed by atoms with Gasteiger partial charge in [-0.2, -0.15) is 11.8 Å². The van der Waals surface area contributed by atoms with Crippen LogP contribution in [-0.4, -0.2) is 40.1 Å². The second kappa shape index (κ2) is 6.36. The Morgan fingerprint density at radius 1 is 1.39 bits per heavy atom. The van der Waals surface area contributed by atoms with Gasteiger partial charge in [-0.25, -0.2) is 4.98 Å². The molecule has 3 N–H and O–H groups in total. The third-order valence-electron chi connectivity index (χ3n) is 6.02. The lowest BCUT2D eigenvalue weighted by Gasteiger charge is -2.11. The van der Waals surface area contributed by atoms with E-state index in [-0.39, 0.29) is 0 Å².